The molecule has 1 aromatic heterocycles. The Balaban J connectivity index is 2.54. The van der Waals surface area contributed by atoms with Crippen molar-refractivity contribution in [3.05, 3.63) is 42.7 Å². The summed E-state index contributed by atoms with van der Waals surface area (Å²) in [4.78, 5) is 4.19. The van der Waals surface area contributed by atoms with Gasteiger partial charge in [-0.05, 0) is 31.9 Å². The summed E-state index contributed by atoms with van der Waals surface area (Å²) in [7, 11) is 0. The Kier molecular flexibility index (Phi) is 3.84. The molecule has 14 heavy (non-hydrogen) atoms. The van der Waals surface area contributed by atoms with Crippen molar-refractivity contribution in [1.29, 1.82) is 0 Å². The van der Waals surface area contributed by atoms with Crippen LogP contribution in [-0.2, 0) is 6.42 Å². The minimum atomic E-state index is -0.678. The average molecular weight is 191 g/mol. The number of pyridine rings is 1. The zero-order chi connectivity index (χ0) is 10.4. The minimum Gasteiger partial charge on any atom is -0.390 e. The SMILES string of the molecule is C=CCCC(C)(O)Cc1ccccn1. The van der Waals surface area contributed by atoms with Gasteiger partial charge in [0.15, 0.2) is 0 Å². The summed E-state index contributed by atoms with van der Waals surface area (Å²) >= 11 is 0. The van der Waals surface area contributed by atoms with E-state index < -0.39 is 5.60 Å². The molecule has 1 rings (SSSR count). The van der Waals surface area contributed by atoms with Crippen LogP contribution in [0.1, 0.15) is 25.5 Å². The molecule has 1 atom stereocenters. The van der Waals surface area contributed by atoms with Crippen molar-refractivity contribution in [3.8, 4) is 0 Å². The van der Waals surface area contributed by atoms with Gasteiger partial charge < -0.3 is 5.11 Å². The van der Waals surface area contributed by atoms with Crippen molar-refractivity contribution < 1.29 is 5.11 Å². The number of rotatable bonds is 5. The first-order valence-electron chi connectivity index (χ1n) is 4.87. The highest BCUT2D eigenvalue weighted by atomic mass is 16.3. The van der Waals surface area contributed by atoms with Crippen LogP contribution in [0.25, 0.3) is 0 Å². The zero-order valence-electron chi connectivity index (χ0n) is 8.61. The zero-order valence-corrected chi connectivity index (χ0v) is 8.61. The molecule has 0 radical (unpaired) electrons. The number of allylic oxidation sites excluding steroid dienone is 1. The van der Waals surface area contributed by atoms with E-state index in [0.717, 1.165) is 18.5 Å². The molecule has 0 aromatic carbocycles. The quantitative estimate of drug-likeness (QED) is 0.725. The van der Waals surface area contributed by atoms with Crippen LogP contribution in [0.3, 0.4) is 0 Å². The molecule has 1 aromatic rings. The van der Waals surface area contributed by atoms with Crippen LogP contribution in [0, 0.1) is 0 Å². The van der Waals surface area contributed by atoms with Gasteiger partial charge in [-0.25, -0.2) is 0 Å². The molecule has 0 bridgehead atoms. The van der Waals surface area contributed by atoms with Crippen LogP contribution in [0.15, 0.2) is 37.1 Å². The number of nitrogens with zero attached hydrogens (tertiary/aromatic N) is 1. The summed E-state index contributed by atoms with van der Waals surface area (Å²) in [5.41, 5.74) is 0.254. The lowest BCUT2D eigenvalue weighted by Gasteiger charge is -2.21. The van der Waals surface area contributed by atoms with Gasteiger partial charge in [-0.1, -0.05) is 12.1 Å². The Bertz CT molecular complexity index is 280. The topological polar surface area (TPSA) is 33.1 Å². The Morgan fingerprint density at radius 2 is 2.36 bits per heavy atom. The summed E-state index contributed by atoms with van der Waals surface area (Å²) < 4.78 is 0. The fraction of sp³-hybridized carbons (Fsp3) is 0.417. The van der Waals surface area contributed by atoms with Crippen molar-refractivity contribution >= 4 is 0 Å². The van der Waals surface area contributed by atoms with E-state index in [0.29, 0.717) is 6.42 Å². The fourth-order valence-electron chi connectivity index (χ4n) is 1.39. The molecule has 0 saturated heterocycles. The monoisotopic (exact) mass is 191 g/mol. The van der Waals surface area contributed by atoms with Crippen molar-refractivity contribution in [1.82, 2.24) is 4.98 Å². The average Bonchev–Trinajstić information content (AvgIpc) is 2.16. The lowest BCUT2D eigenvalue weighted by molar-refractivity contribution is 0.0514. The van der Waals surface area contributed by atoms with Gasteiger partial charge in [0.2, 0.25) is 0 Å². The molecule has 0 aliphatic rings. The van der Waals surface area contributed by atoms with E-state index >= 15 is 0 Å². The van der Waals surface area contributed by atoms with Crippen molar-refractivity contribution in [2.75, 3.05) is 0 Å². The molecule has 0 aliphatic heterocycles. The Hall–Kier alpha value is -1.15. The van der Waals surface area contributed by atoms with Gasteiger partial charge in [0.05, 0.1) is 5.60 Å². The van der Waals surface area contributed by atoms with Crippen LogP contribution < -0.4 is 0 Å². The van der Waals surface area contributed by atoms with Crippen LogP contribution in [-0.4, -0.2) is 15.7 Å². The first-order chi connectivity index (χ1) is 6.64. The highest BCUT2D eigenvalue weighted by Gasteiger charge is 2.20. The molecule has 0 aliphatic carbocycles. The predicted octanol–water partition coefficient (Wildman–Crippen LogP) is 2.34. The molecule has 0 saturated carbocycles. The highest BCUT2D eigenvalue weighted by molar-refractivity contribution is 5.06. The van der Waals surface area contributed by atoms with Crippen LogP contribution in [0.2, 0.25) is 0 Å². The smallest absolute Gasteiger partial charge is 0.0678 e. The standard InChI is InChI=1S/C12H17NO/c1-3-4-8-12(2,14)10-11-7-5-6-9-13-11/h3,5-7,9,14H,1,4,8,10H2,2H3. The molecule has 0 spiro atoms. The molecule has 1 heterocycles. The third-order valence-electron chi connectivity index (χ3n) is 2.18. The molecule has 1 unspecified atom stereocenters. The number of aliphatic hydroxyl groups is 1. The van der Waals surface area contributed by atoms with E-state index in [1.807, 2.05) is 31.2 Å². The van der Waals surface area contributed by atoms with Crippen LogP contribution in [0.4, 0.5) is 0 Å². The van der Waals surface area contributed by atoms with E-state index in [1.165, 1.54) is 0 Å². The maximum Gasteiger partial charge on any atom is 0.0678 e. The summed E-state index contributed by atoms with van der Waals surface area (Å²) in [5, 5.41) is 10.0. The van der Waals surface area contributed by atoms with E-state index in [1.54, 1.807) is 6.20 Å². The van der Waals surface area contributed by atoms with Gasteiger partial charge >= 0.3 is 0 Å². The maximum absolute atomic E-state index is 10.0. The Morgan fingerprint density at radius 3 is 2.93 bits per heavy atom. The van der Waals surface area contributed by atoms with Crippen LogP contribution in [0.5, 0.6) is 0 Å². The van der Waals surface area contributed by atoms with Gasteiger partial charge in [0.1, 0.15) is 0 Å². The fourth-order valence-corrected chi connectivity index (χ4v) is 1.39. The van der Waals surface area contributed by atoms with E-state index in [9.17, 15) is 5.11 Å². The molecular weight excluding hydrogens is 174 g/mol. The minimum absolute atomic E-state index is 0.599. The van der Waals surface area contributed by atoms with E-state index in [4.69, 9.17) is 0 Å². The summed E-state index contributed by atoms with van der Waals surface area (Å²) in [5.74, 6) is 0. The first-order valence-corrected chi connectivity index (χ1v) is 4.87. The maximum atomic E-state index is 10.0. The second-order valence-corrected chi connectivity index (χ2v) is 3.82. The van der Waals surface area contributed by atoms with Crippen molar-refractivity contribution in [2.24, 2.45) is 0 Å². The molecular formula is C12H17NO. The largest absolute Gasteiger partial charge is 0.390 e. The number of hydrogen-bond donors (Lipinski definition) is 1. The highest BCUT2D eigenvalue weighted by Crippen LogP contribution is 2.17. The van der Waals surface area contributed by atoms with Crippen molar-refractivity contribution in [3.63, 3.8) is 0 Å². The second kappa shape index (κ2) is 4.91. The number of hydrogen-bond acceptors (Lipinski definition) is 2. The molecule has 2 heteroatoms. The Morgan fingerprint density at radius 1 is 1.57 bits per heavy atom. The summed E-state index contributed by atoms with van der Waals surface area (Å²) in [6.45, 7) is 5.48. The lowest BCUT2D eigenvalue weighted by atomic mass is 9.94. The van der Waals surface area contributed by atoms with Crippen molar-refractivity contribution in [2.45, 2.75) is 31.8 Å². The third kappa shape index (κ3) is 3.71. The van der Waals surface area contributed by atoms with Gasteiger partial charge in [-0.15, -0.1) is 6.58 Å². The van der Waals surface area contributed by atoms with Gasteiger partial charge in [0, 0.05) is 18.3 Å². The molecule has 1 N–H and O–H groups in total. The predicted molar refractivity (Wildman–Crippen MR) is 58.0 cm³/mol. The molecule has 0 amide bonds. The van der Waals surface area contributed by atoms with E-state index in [2.05, 4.69) is 11.6 Å². The van der Waals surface area contributed by atoms with Crippen LogP contribution >= 0.6 is 0 Å². The normalized spacial score (nSPS) is 14.7. The summed E-state index contributed by atoms with van der Waals surface area (Å²) in [6, 6.07) is 5.75. The van der Waals surface area contributed by atoms with Gasteiger partial charge in [-0.2, -0.15) is 0 Å². The Labute approximate surface area is 85.3 Å². The second-order valence-electron chi connectivity index (χ2n) is 3.82. The van der Waals surface area contributed by atoms with Gasteiger partial charge in [-0.3, -0.25) is 4.98 Å². The molecule has 2 nitrogen and oxygen atoms in total. The van der Waals surface area contributed by atoms with E-state index in [-0.39, 0.29) is 0 Å². The molecule has 76 valence electrons. The number of aromatic nitrogens is 1. The summed E-state index contributed by atoms with van der Waals surface area (Å²) in [6.07, 6.45) is 5.74. The first kappa shape index (κ1) is 10.9. The van der Waals surface area contributed by atoms with Gasteiger partial charge in [0.25, 0.3) is 0 Å². The third-order valence-corrected chi connectivity index (χ3v) is 2.18. The molecule has 0 fully saturated rings. The lowest BCUT2D eigenvalue weighted by Crippen LogP contribution is -2.27.